The quantitative estimate of drug-likeness (QED) is 0.570. The largest absolute Gasteiger partial charge is 0.493 e. The van der Waals surface area contributed by atoms with Crippen LogP contribution in [0, 0.1) is 0 Å². The van der Waals surface area contributed by atoms with Gasteiger partial charge in [-0.1, -0.05) is 12.8 Å². The summed E-state index contributed by atoms with van der Waals surface area (Å²) < 4.78 is 42.9. The molecule has 1 aliphatic rings. The number of ether oxygens (including phenoxy) is 3. The smallest absolute Gasteiger partial charge is 0.269 e. The summed E-state index contributed by atoms with van der Waals surface area (Å²) in [6.07, 6.45) is 3.72. The molecule has 10 nitrogen and oxygen atoms in total. The van der Waals surface area contributed by atoms with E-state index in [2.05, 4.69) is 10.9 Å². The first-order chi connectivity index (χ1) is 16.3. The average Bonchev–Trinajstić information content (AvgIpc) is 3.16. The number of carbonyl (C=O) groups is 2. The van der Waals surface area contributed by atoms with Gasteiger partial charge in [0.2, 0.25) is 15.8 Å². The Morgan fingerprint density at radius 3 is 1.74 bits per heavy atom. The van der Waals surface area contributed by atoms with Gasteiger partial charge in [0.05, 0.1) is 26.2 Å². The highest BCUT2D eigenvalue weighted by Crippen LogP contribution is 2.38. The maximum absolute atomic E-state index is 12.9. The number of methoxy groups -OCH3 is 3. The Bertz CT molecular complexity index is 1100. The summed E-state index contributed by atoms with van der Waals surface area (Å²) in [5.74, 6) is -0.285. The van der Waals surface area contributed by atoms with Gasteiger partial charge in [0.1, 0.15) is 0 Å². The Balaban J connectivity index is 1.67. The van der Waals surface area contributed by atoms with Gasteiger partial charge < -0.3 is 14.2 Å². The highest BCUT2D eigenvalue weighted by atomic mass is 32.2. The fraction of sp³-hybridized carbons (Fsp3) is 0.391. The third-order valence-electron chi connectivity index (χ3n) is 5.54. The van der Waals surface area contributed by atoms with E-state index in [1.54, 1.807) is 0 Å². The van der Waals surface area contributed by atoms with Crippen molar-refractivity contribution in [1.82, 2.24) is 15.2 Å². The van der Waals surface area contributed by atoms with Crippen molar-refractivity contribution in [2.24, 2.45) is 0 Å². The maximum Gasteiger partial charge on any atom is 0.269 e. The molecule has 0 radical (unpaired) electrons. The highest BCUT2D eigenvalue weighted by molar-refractivity contribution is 7.89. The second kappa shape index (κ2) is 11.2. The summed E-state index contributed by atoms with van der Waals surface area (Å²) in [7, 11) is 0.695. The number of nitrogens with zero attached hydrogens (tertiary/aromatic N) is 1. The Hall–Kier alpha value is -3.31. The van der Waals surface area contributed by atoms with E-state index in [-0.39, 0.29) is 16.0 Å². The van der Waals surface area contributed by atoms with E-state index in [9.17, 15) is 18.0 Å². The highest BCUT2D eigenvalue weighted by Gasteiger charge is 2.25. The van der Waals surface area contributed by atoms with Gasteiger partial charge in [-0.3, -0.25) is 20.4 Å². The molecule has 1 saturated heterocycles. The van der Waals surface area contributed by atoms with E-state index in [1.807, 2.05) is 0 Å². The predicted octanol–water partition coefficient (Wildman–Crippen LogP) is 2.35. The minimum atomic E-state index is -3.61. The van der Waals surface area contributed by atoms with Crippen molar-refractivity contribution < 1.29 is 32.2 Å². The van der Waals surface area contributed by atoms with Crippen LogP contribution in [0.2, 0.25) is 0 Å². The van der Waals surface area contributed by atoms with Crippen molar-refractivity contribution in [3.8, 4) is 17.2 Å². The van der Waals surface area contributed by atoms with Crippen LogP contribution in [0.15, 0.2) is 41.3 Å². The number of rotatable bonds is 7. The van der Waals surface area contributed by atoms with E-state index >= 15 is 0 Å². The van der Waals surface area contributed by atoms with Gasteiger partial charge in [-0.15, -0.1) is 0 Å². The fourth-order valence-electron chi connectivity index (χ4n) is 3.68. The van der Waals surface area contributed by atoms with E-state index in [0.29, 0.717) is 30.3 Å². The van der Waals surface area contributed by atoms with Crippen LogP contribution in [-0.4, -0.2) is 59.0 Å². The SMILES string of the molecule is COc1cc(C(=O)NNC(=O)c2ccc(S(=O)(=O)N3CCCCCC3)cc2)cc(OC)c1OC. The summed E-state index contributed by atoms with van der Waals surface area (Å²) in [5.41, 5.74) is 5.01. The Labute approximate surface area is 199 Å². The molecule has 2 amide bonds. The van der Waals surface area contributed by atoms with Crippen LogP contribution in [0.5, 0.6) is 17.2 Å². The van der Waals surface area contributed by atoms with Crippen LogP contribution < -0.4 is 25.1 Å². The molecular formula is C23H29N3O7S. The zero-order valence-corrected chi connectivity index (χ0v) is 20.2. The molecule has 0 spiro atoms. The van der Waals surface area contributed by atoms with Gasteiger partial charge >= 0.3 is 0 Å². The zero-order chi connectivity index (χ0) is 24.7. The number of sulfonamides is 1. The first-order valence-electron chi connectivity index (χ1n) is 10.8. The topological polar surface area (TPSA) is 123 Å². The van der Waals surface area contributed by atoms with Crippen molar-refractivity contribution >= 4 is 21.8 Å². The number of hydrogen-bond donors (Lipinski definition) is 2. The Morgan fingerprint density at radius 2 is 1.26 bits per heavy atom. The van der Waals surface area contributed by atoms with Gasteiger partial charge in [0.25, 0.3) is 11.8 Å². The molecule has 1 aliphatic heterocycles. The lowest BCUT2D eigenvalue weighted by molar-refractivity contribution is 0.0846. The van der Waals surface area contributed by atoms with E-state index in [1.165, 1.54) is 62.0 Å². The molecule has 0 aliphatic carbocycles. The van der Waals surface area contributed by atoms with E-state index in [0.717, 1.165) is 25.7 Å². The normalized spacial score (nSPS) is 14.6. The molecule has 1 heterocycles. The molecule has 0 bridgehead atoms. The number of nitrogens with one attached hydrogen (secondary N) is 2. The molecule has 34 heavy (non-hydrogen) atoms. The summed E-state index contributed by atoms with van der Waals surface area (Å²) in [6.45, 7) is 0.995. The lowest BCUT2D eigenvalue weighted by Crippen LogP contribution is -2.41. The lowest BCUT2D eigenvalue weighted by atomic mass is 10.1. The number of amides is 2. The van der Waals surface area contributed by atoms with Crippen molar-refractivity contribution in [3.05, 3.63) is 47.5 Å². The molecule has 3 rings (SSSR count). The molecule has 0 atom stereocenters. The third-order valence-corrected chi connectivity index (χ3v) is 7.45. The second-order valence-electron chi connectivity index (χ2n) is 7.66. The summed E-state index contributed by atoms with van der Waals surface area (Å²) in [5, 5.41) is 0. The molecular weight excluding hydrogens is 462 g/mol. The Kier molecular flexibility index (Phi) is 8.35. The van der Waals surface area contributed by atoms with Crippen LogP contribution in [-0.2, 0) is 10.0 Å². The minimum Gasteiger partial charge on any atom is -0.493 e. The first-order valence-corrected chi connectivity index (χ1v) is 12.3. The van der Waals surface area contributed by atoms with Gasteiger partial charge in [0, 0.05) is 24.2 Å². The van der Waals surface area contributed by atoms with Crippen molar-refractivity contribution in [1.29, 1.82) is 0 Å². The first kappa shape index (κ1) is 25.3. The van der Waals surface area contributed by atoms with Crippen LogP contribution in [0.3, 0.4) is 0 Å². The number of hydrogen-bond acceptors (Lipinski definition) is 7. The molecule has 0 aromatic heterocycles. The van der Waals surface area contributed by atoms with Gasteiger partial charge in [-0.2, -0.15) is 4.31 Å². The van der Waals surface area contributed by atoms with E-state index in [4.69, 9.17) is 14.2 Å². The molecule has 1 fully saturated rings. The minimum absolute atomic E-state index is 0.132. The lowest BCUT2D eigenvalue weighted by Gasteiger charge is -2.20. The molecule has 2 aromatic rings. The molecule has 184 valence electrons. The standard InChI is InChI=1S/C23H29N3O7S/c1-31-19-14-17(15-20(32-2)21(19)33-3)23(28)25-24-22(27)16-8-10-18(11-9-16)34(29,30)26-12-6-4-5-7-13-26/h8-11,14-15H,4-7,12-13H2,1-3H3,(H,24,27)(H,25,28). The molecule has 0 unspecified atom stereocenters. The van der Waals surface area contributed by atoms with Crippen LogP contribution in [0.25, 0.3) is 0 Å². The van der Waals surface area contributed by atoms with Crippen molar-refractivity contribution in [3.63, 3.8) is 0 Å². The molecule has 0 saturated carbocycles. The van der Waals surface area contributed by atoms with Crippen molar-refractivity contribution in [2.45, 2.75) is 30.6 Å². The summed E-state index contributed by atoms with van der Waals surface area (Å²) >= 11 is 0. The van der Waals surface area contributed by atoms with Crippen LogP contribution >= 0.6 is 0 Å². The number of benzene rings is 2. The third kappa shape index (κ3) is 5.60. The fourth-order valence-corrected chi connectivity index (χ4v) is 5.20. The van der Waals surface area contributed by atoms with Gasteiger partial charge in [0.15, 0.2) is 11.5 Å². The number of carbonyl (C=O) groups excluding carboxylic acids is 2. The van der Waals surface area contributed by atoms with Crippen LogP contribution in [0.4, 0.5) is 0 Å². The van der Waals surface area contributed by atoms with E-state index < -0.39 is 21.8 Å². The summed E-state index contributed by atoms with van der Waals surface area (Å²) in [4.78, 5) is 25.2. The Morgan fingerprint density at radius 1 is 0.765 bits per heavy atom. The maximum atomic E-state index is 12.9. The van der Waals surface area contributed by atoms with Crippen LogP contribution in [0.1, 0.15) is 46.4 Å². The molecule has 11 heteroatoms. The predicted molar refractivity (Wildman–Crippen MR) is 125 cm³/mol. The number of hydrazine groups is 1. The monoisotopic (exact) mass is 491 g/mol. The second-order valence-corrected chi connectivity index (χ2v) is 9.60. The van der Waals surface area contributed by atoms with Gasteiger partial charge in [-0.05, 0) is 49.2 Å². The van der Waals surface area contributed by atoms with Gasteiger partial charge in [-0.25, -0.2) is 8.42 Å². The molecule has 2 N–H and O–H groups in total. The molecule has 2 aromatic carbocycles. The van der Waals surface area contributed by atoms with Crippen molar-refractivity contribution in [2.75, 3.05) is 34.4 Å². The summed E-state index contributed by atoms with van der Waals surface area (Å²) in [6, 6.07) is 8.51. The average molecular weight is 492 g/mol. The zero-order valence-electron chi connectivity index (χ0n) is 19.4.